The predicted octanol–water partition coefficient (Wildman–Crippen LogP) is 0.806. The maximum atomic E-state index is 11.6. The Morgan fingerprint density at radius 2 is 1.66 bits per heavy atom. The van der Waals surface area contributed by atoms with E-state index < -0.39 is 23.5 Å². The van der Waals surface area contributed by atoms with Crippen molar-refractivity contribution in [2.45, 2.75) is 13.0 Å². The molecule has 0 saturated heterocycles. The number of rotatable bonds is 5. The van der Waals surface area contributed by atoms with Crippen LogP contribution in [-0.4, -0.2) is 57.7 Å². The first-order valence-electron chi connectivity index (χ1n) is 9.04. The number of aromatic carboxylic acids is 1. The maximum absolute atomic E-state index is 11.6. The molecule has 168 valence electrons. The van der Waals surface area contributed by atoms with Gasteiger partial charge < -0.3 is 26.0 Å². The van der Waals surface area contributed by atoms with Crippen molar-refractivity contribution in [3.05, 3.63) is 64.6 Å². The lowest BCUT2D eigenvalue weighted by molar-refractivity contribution is 0.0585. The summed E-state index contributed by atoms with van der Waals surface area (Å²) in [6.45, 7) is 1.90. The van der Waals surface area contributed by atoms with Gasteiger partial charge in [-0.3, -0.25) is 4.79 Å². The average molecular weight is 443 g/mol. The molecule has 1 aromatic carbocycles. The Morgan fingerprint density at radius 1 is 1.06 bits per heavy atom. The second kappa shape index (κ2) is 10.1. The minimum Gasteiger partial charge on any atom is -0.477 e. The summed E-state index contributed by atoms with van der Waals surface area (Å²) in [4.78, 5) is 48.5. The van der Waals surface area contributed by atoms with Gasteiger partial charge in [0, 0.05) is 12.1 Å². The minimum absolute atomic E-state index is 0.00769. The number of aromatic nitrogens is 3. The highest BCUT2D eigenvalue weighted by Gasteiger charge is 2.21. The molecule has 0 aliphatic rings. The third-order valence-electron chi connectivity index (χ3n) is 4.21. The lowest BCUT2D eigenvalue weighted by Crippen LogP contribution is -2.16. The van der Waals surface area contributed by atoms with E-state index in [9.17, 15) is 19.2 Å². The Morgan fingerprint density at radius 3 is 2.12 bits per heavy atom. The van der Waals surface area contributed by atoms with Crippen LogP contribution in [0.15, 0.2) is 36.5 Å². The van der Waals surface area contributed by atoms with Gasteiger partial charge in [0.1, 0.15) is 5.56 Å². The second-order valence-electron chi connectivity index (χ2n) is 6.38. The first-order chi connectivity index (χ1) is 15.1. The van der Waals surface area contributed by atoms with Gasteiger partial charge in [-0.05, 0) is 24.6 Å². The monoisotopic (exact) mass is 443 g/mol. The predicted molar refractivity (Wildman–Crippen MR) is 110 cm³/mol. The summed E-state index contributed by atoms with van der Waals surface area (Å²) >= 11 is 0. The van der Waals surface area contributed by atoms with Crippen molar-refractivity contribution >= 4 is 29.5 Å². The first-order valence-corrected chi connectivity index (χ1v) is 9.04. The molecule has 0 unspecified atom stereocenters. The number of nitrogens with zero attached hydrogens (tertiary/aromatic N) is 3. The van der Waals surface area contributed by atoms with E-state index in [2.05, 4.69) is 19.6 Å². The molecule has 1 atom stereocenters. The topological polar surface area (TPSA) is 189 Å². The lowest BCUT2D eigenvalue weighted by atomic mass is 10.1. The normalized spacial score (nSPS) is 11.1. The molecule has 5 N–H and O–H groups in total. The fourth-order valence-corrected chi connectivity index (χ4v) is 2.54. The number of hydrogen-bond acceptors (Lipinski definition) is 9. The van der Waals surface area contributed by atoms with Crippen molar-refractivity contribution in [2.75, 3.05) is 14.2 Å². The average Bonchev–Trinajstić information content (AvgIpc) is 3.22. The summed E-state index contributed by atoms with van der Waals surface area (Å²) in [5.41, 5.74) is 11.5. The molecule has 2 heterocycles. The van der Waals surface area contributed by atoms with Crippen LogP contribution >= 0.6 is 0 Å². The third-order valence-corrected chi connectivity index (χ3v) is 4.21. The van der Waals surface area contributed by atoms with Crippen LogP contribution in [-0.2, 0) is 9.47 Å². The molecule has 32 heavy (non-hydrogen) atoms. The summed E-state index contributed by atoms with van der Waals surface area (Å²) in [6.07, 6.45) is 1.10. The lowest BCUT2D eigenvalue weighted by Gasteiger charge is -2.05. The molecule has 3 aromatic rings. The van der Waals surface area contributed by atoms with Crippen molar-refractivity contribution in [3.63, 3.8) is 0 Å². The molecular weight excluding hydrogens is 422 g/mol. The Labute approximate surface area is 181 Å². The number of methoxy groups -OCH3 is 2. The Balaban J connectivity index is 0.000000244. The zero-order chi connectivity index (χ0) is 24.0. The van der Waals surface area contributed by atoms with E-state index in [0.29, 0.717) is 5.56 Å². The number of carbonyl (C=O) groups excluding carboxylic acids is 3. The van der Waals surface area contributed by atoms with Crippen LogP contribution in [0, 0.1) is 0 Å². The molecule has 0 bridgehead atoms. The summed E-state index contributed by atoms with van der Waals surface area (Å²) in [6, 6.07) is 8.08. The molecule has 0 saturated carbocycles. The Kier molecular flexibility index (Phi) is 7.58. The van der Waals surface area contributed by atoms with Crippen LogP contribution in [0.2, 0.25) is 0 Å². The van der Waals surface area contributed by atoms with Gasteiger partial charge in [-0.2, -0.15) is 5.10 Å². The fourth-order valence-electron chi connectivity index (χ4n) is 2.54. The van der Waals surface area contributed by atoms with Crippen molar-refractivity contribution in [1.29, 1.82) is 0 Å². The van der Waals surface area contributed by atoms with Gasteiger partial charge in [-0.25, -0.2) is 23.9 Å². The zero-order valence-electron chi connectivity index (χ0n) is 17.4. The van der Waals surface area contributed by atoms with E-state index in [1.807, 2.05) is 19.1 Å². The minimum atomic E-state index is -1.36. The Hall–Kier alpha value is -4.32. The molecule has 2 aromatic heterocycles. The maximum Gasteiger partial charge on any atom is 0.356 e. The number of benzene rings is 1. The van der Waals surface area contributed by atoms with E-state index in [0.717, 1.165) is 29.5 Å². The standard InChI is InChI=1S/C10H8N4O5.C10H13NO2/c1-19-10(18)6-2-5(9(16)17)13-8-4(7(11)15)3-12-14(6)8;1-7(11)8-3-5-9(6-4-8)10(12)13-2/h2-3H,1H3,(H2,11,15)(H,16,17);3-7H,11H2,1-2H3/t;7-/m.1/s1. The molecular formula is C20H21N5O7. The molecule has 1 amide bonds. The van der Waals surface area contributed by atoms with Crippen LogP contribution in [0.4, 0.5) is 0 Å². The largest absolute Gasteiger partial charge is 0.477 e. The van der Waals surface area contributed by atoms with E-state index in [-0.39, 0.29) is 28.9 Å². The molecule has 0 spiro atoms. The Bertz CT molecular complexity index is 1170. The zero-order valence-corrected chi connectivity index (χ0v) is 17.4. The summed E-state index contributed by atoms with van der Waals surface area (Å²) < 4.78 is 10.1. The number of hydrogen-bond donors (Lipinski definition) is 3. The van der Waals surface area contributed by atoms with Crippen molar-refractivity contribution in [3.8, 4) is 0 Å². The van der Waals surface area contributed by atoms with Gasteiger partial charge in [0.15, 0.2) is 17.0 Å². The summed E-state index contributed by atoms with van der Waals surface area (Å²) in [5, 5.41) is 12.7. The molecule has 0 fully saturated rings. The highest BCUT2D eigenvalue weighted by Crippen LogP contribution is 2.13. The third kappa shape index (κ3) is 5.23. The SMILES string of the molecule is COC(=O)c1cc(C(=O)O)nc2c(C(N)=O)cnn12.COC(=O)c1ccc([C@@H](C)N)cc1. The van der Waals surface area contributed by atoms with Crippen LogP contribution < -0.4 is 11.5 Å². The number of carboxylic acid groups (broad SMARTS) is 1. The van der Waals surface area contributed by atoms with Crippen molar-refractivity contribution < 1.29 is 33.8 Å². The number of nitrogens with two attached hydrogens (primary N) is 2. The number of amides is 1. The number of esters is 2. The fraction of sp³-hybridized carbons (Fsp3) is 0.200. The highest BCUT2D eigenvalue weighted by molar-refractivity contribution is 6.00. The summed E-state index contributed by atoms with van der Waals surface area (Å²) in [7, 11) is 2.50. The quantitative estimate of drug-likeness (QED) is 0.476. The van der Waals surface area contributed by atoms with Crippen LogP contribution in [0.3, 0.4) is 0 Å². The molecule has 12 nitrogen and oxygen atoms in total. The molecule has 0 aliphatic carbocycles. The van der Waals surface area contributed by atoms with Gasteiger partial charge in [0.05, 0.1) is 26.0 Å². The van der Waals surface area contributed by atoms with Gasteiger partial charge in [0.2, 0.25) is 0 Å². The van der Waals surface area contributed by atoms with Gasteiger partial charge in [-0.15, -0.1) is 0 Å². The number of primary amides is 1. The van der Waals surface area contributed by atoms with Gasteiger partial charge >= 0.3 is 17.9 Å². The smallest absolute Gasteiger partial charge is 0.356 e. The summed E-state index contributed by atoms with van der Waals surface area (Å²) in [5.74, 6) is -3.32. The molecule has 0 aliphatic heterocycles. The second-order valence-corrected chi connectivity index (χ2v) is 6.38. The molecule has 0 radical (unpaired) electrons. The number of carboxylic acids is 1. The molecule has 12 heteroatoms. The number of carbonyl (C=O) groups is 4. The number of fused-ring (bicyclic) bond motifs is 1. The molecule has 3 rings (SSSR count). The van der Waals surface area contributed by atoms with Crippen LogP contribution in [0.25, 0.3) is 5.65 Å². The van der Waals surface area contributed by atoms with Crippen LogP contribution in [0.5, 0.6) is 0 Å². The first kappa shape index (κ1) is 24.0. The van der Waals surface area contributed by atoms with E-state index in [1.165, 1.54) is 7.11 Å². The van der Waals surface area contributed by atoms with E-state index in [4.69, 9.17) is 16.6 Å². The van der Waals surface area contributed by atoms with Gasteiger partial charge in [-0.1, -0.05) is 12.1 Å². The van der Waals surface area contributed by atoms with Crippen LogP contribution in [0.1, 0.15) is 60.2 Å². The highest BCUT2D eigenvalue weighted by atomic mass is 16.5. The van der Waals surface area contributed by atoms with Crippen molar-refractivity contribution in [2.24, 2.45) is 11.5 Å². The number of ether oxygens (including phenoxy) is 2. The van der Waals surface area contributed by atoms with E-state index in [1.54, 1.807) is 12.1 Å². The van der Waals surface area contributed by atoms with Crippen molar-refractivity contribution in [1.82, 2.24) is 14.6 Å². The van der Waals surface area contributed by atoms with E-state index >= 15 is 0 Å². The van der Waals surface area contributed by atoms with Gasteiger partial charge in [0.25, 0.3) is 5.91 Å².